The highest BCUT2D eigenvalue weighted by Crippen LogP contribution is 2.16. The van der Waals surface area contributed by atoms with E-state index in [2.05, 4.69) is 27.8 Å². The summed E-state index contributed by atoms with van der Waals surface area (Å²) in [5.41, 5.74) is 3.72. The van der Waals surface area contributed by atoms with E-state index < -0.39 is 0 Å². The Bertz CT molecular complexity index is 696. The molecule has 0 saturated heterocycles. The van der Waals surface area contributed by atoms with Crippen LogP contribution in [0.5, 0.6) is 5.75 Å². The molecule has 1 aromatic carbocycles. The number of aromatic amines is 1. The summed E-state index contributed by atoms with van der Waals surface area (Å²) in [6.07, 6.45) is 2.64. The number of hydrogen-bond acceptors (Lipinski definition) is 4. The number of nitrogens with one attached hydrogen (secondary N) is 3. The highest BCUT2D eigenvalue weighted by atomic mass is 16.5. The summed E-state index contributed by atoms with van der Waals surface area (Å²) in [7, 11) is 0. The topological polar surface area (TPSA) is 79.0 Å². The van der Waals surface area contributed by atoms with Crippen molar-refractivity contribution in [3.05, 3.63) is 46.8 Å². The van der Waals surface area contributed by atoms with Gasteiger partial charge in [0.1, 0.15) is 5.75 Å². The molecule has 1 amide bonds. The summed E-state index contributed by atoms with van der Waals surface area (Å²) in [5.74, 6) is 0.766. The summed E-state index contributed by atoms with van der Waals surface area (Å²) in [6.45, 7) is 5.00. The lowest BCUT2D eigenvalue weighted by Crippen LogP contribution is -2.29. The quantitative estimate of drug-likeness (QED) is 0.724. The molecule has 1 aliphatic heterocycles. The molecule has 0 saturated carbocycles. The Morgan fingerprint density at radius 2 is 2.33 bits per heavy atom. The van der Waals surface area contributed by atoms with Crippen molar-refractivity contribution in [1.29, 1.82) is 0 Å². The Balaban J connectivity index is 1.53. The van der Waals surface area contributed by atoms with Gasteiger partial charge in [-0.25, -0.2) is 0 Å². The lowest BCUT2D eigenvalue weighted by Gasteiger charge is -2.13. The van der Waals surface area contributed by atoms with E-state index in [0.717, 1.165) is 55.0 Å². The zero-order valence-electron chi connectivity index (χ0n) is 14.0. The molecule has 2 aromatic rings. The molecular formula is C18H24N4O2. The minimum Gasteiger partial charge on any atom is -0.494 e. The number of rotatable bonds is 7. The zero-order valence-corrected chi connectivity index (χ0v) is 14.0. The third-order valence-corrected chi connectivity index (χ3v) is 4.09. The van der Waals surface area contributed by atoms with Gasteiger partial charge < -0.3 is 15.4 Å². The molecule has 0 unspecified atom stereocenters. The molecule has 0 aliphatic carbocycles. The Hall–Kier alpha value is -2.34. The molecule has 1 aromatic heterocycles. The monoisotopic (exact) mass is 328 g/mol. The first-order valence-electron chi connectivity index (χ1n) is 8.54. The third-order valence-electron chi connectivity index (χ3n) is 4.09. The standard InChI is InChI=1S/C18H24N4O2/c1-2-10-24-14-5-3-4-13(11-14)6-9-20-18(23)17-15-12-19-8-7-16(15)21-22-17/h3-5,11,19H,2,6-10,12H2,1H3,(H,20,23)(H,21,22). The number of hydrogen-bond donors (Lipinski definition) is 3. The van der Waals surface area contributed by atoms with Crippen molar-refractivity contribution in [3.63, 3.8) is 0 Å². The smallest absolute Gasteiger partial charge is 0.272 e. The van der Waals surface area contributed by atoms with E-state index in [-0.39, 0.29) is 5.91 Å². The Morgan fingerprint density at radius 3 is 3.21 bits per heavy atom. The van der Waals surface area contributed by atoms with Gasteiger partial charge in [-0.1, -0.05) is 19.1 Å². The van der Waals surface area contributed by atoms with Crippen molar-refractivity contribution in [2.45, 2.75) is 32.7 Å². The summed E-state index contributed by atoms with van der Waals surface area (Å²) in [4.78, 5) is 12.3. The van der Waals surface area contributed by atoms with Crippen molar-refractivity contribution < 1.29 is 9.53 Å². The van der Waals surface area contributed by atoms with Crippen molar-refractivity contribution in [2.75, 3.05) is 19.7 Å². The molecule has 3 rings (SSSR count). The average Bonchev–Trinajstić information content (AvgIpc) is 3.04. The molecular weight excluding hydrogens is 304 g/mol. The van der Waals surface area contributed by atoms with E-state index in [9.17, 15) is 4.79 Å². The van der Waals surface area contributed by atoms with E-state index in [1.165, 1.54) is 0 Å². The molecule has 6 nitrogen and oxygen atoms in total. The van der Waals surface area contributed by atoms with Gasteiger partial charge in [-0.05, 0) is 30.5 Å². The van der Waals surface area contributed by atoms with E-state index in [0.29, 0.717) is 18.8 Å². The van der Waals surface area contributed by atoms with Gasteiger partial charge in [0.15, 0.2) is 5.69 Å². The number of H-pyrrole nitrogens is 1. The van der Waals surface area contributed by atoms with Crippen LogP contribution in [0.15, 0.2) is 24.3 Å². The van der Waals surface area contributed by atoms with E-state index in [1.54, 1.807) is 0 Å². The van der Waals surface area contributed by atoms with Crippen molar-refractivity contribution >= 4 is 5.91 Å². The second-order valence-electron chi connectivity index (χ2n) is 5.96. The van der Waals surface area contributed by atoms with Crippen LogP contribution in [0.25, 0.3) is 0 Å². The van der Waals surface area contributed by atoms with Crippen LogP contribution in [0.2, 0.25) is 0 Å². The first-order chi connectivity index (χ1) is 11.8. The van der Waals surface area contributed by atoms with E-state index in [4.69, 9.17) is 4.74 Å². The van der Waals surface area contributed by atoms with Crippen LogP contribution in [-0.2, 0) is 19.4 Å². The maximum Gasteiger partial charge on any atom is 0.272 e. The Labute approximate surface area is 142 Å². The van der Waals surface area contributed by atoms with Crippen LogP contribution in [0, 0.1) is 0 Å². The fraction of sp³-hybridized carbons (Fsp3) is 0.444. The predicted molar refractivity (Wildman–Crippen MR) is 92.3 cm³/mol. The first-order valence-corrected chi connectivity index (χ1v) is 8.54. The summed E-state index contributed by atoms with van der Waals surface area (Å²) in [6, 6.07) is 8.02. The zero-order chi connectivity index (χ0) is 16.8. The highest BCUT2D eigenvalue weighted by Gasteiger charge is 2.21. The molecule has 24 heavy (non-hydrogen) atoms. The van der Waals surface area contributed by atoms with Crippen molar-refractivity contribution in [2.24, 2.45) is 0 Å². The van der Waals surface area contributed by atoms with Crippen LogP contribution < -0.4 is 15.4 Å². The van der Waals surface area contributed by atoms with Gasteiger partial charge in [-0.15, -0.1) is 0 Å². The van der Waals surface area contributed by atoms with Gasteiger partial charge in [-0.3, -0.25) is 9.89 Å². The Kier molecular flexibility index (Phi) is 5.48. The molecule has 1 aliphatic rings. The summed E-state index contributed by atoms with van der Waals surface area (Å²) >= 11 is 0. The molecule has 0 atom stereocenters. The molecule has 0 bridgehead atoms. The minimum atomic E-state index is -0.116. The van der Waals surface area contributed by atoms with Gasteiger partial charge in [0.25, 0.3) is 5.91 Å². The van der Waals surface area contributed by atoms with Crippen molar-refractivity contribution in [1.82, 2.24) is 20.8 Å². The number of carbonyl (C=O) groups is 1. The Morgan fingerprint density at radius 1 is 1.42 bits per heavy atom. The van der Waals surface area contributed by atoms with Gasteiger partial charge in [0, 0.05) is 37.3 Å². The molecule has 6 heteroatoms. The lowest BCUT2D eigenvalue weighted by atomic mass is 10.1. The number of carbonyl (C=O) groups excluding carboxylic acids is 1. The number of amides is 1. The largest absolute Gasteiger partial charge is 0.494 e. The molecule has 128 valence electrons. The number of aromatic nitrogens is 2. The predicted octanol–water partition coefficient (Wildman–Crippen LogP) is 1.82. The maximum atomic E-state index is 12.3. The van der Waals surface area contributed by atoms with Crippen LogP contribution in [0.3, 0.4) is 0 Å². The number of nitrogens with zero attached hydrogens (tertiary/aromatic N) is 1. The third kappa shape index (κ3) is 3.94. The van der Waals surface area contributed by atoms with E-state index in [1.807, 2.05) is 24.3 Å². The highest BCUT2D eigenvalue weighted by molar-refractivity contribution is 5.94. The van der Waals surface area contributed by atoms with Gasteiger partial charge in [-0.2, -0.15) is 5.10 Å². The SMILES string of the molecule is CCCOc1cccc(CCNC(=O)c2n[nH]c3c2CNCC3)c1. The second kappa shape index (κ2) is 7.97. The molecule has 3 N–H and O–H groups in total. The fourth-order valence-electron chi connectivity index (χ4n) is 2.83. The molecule has 2 heterocycles. The molecule has 0 fully saturated rings. The van der Waals surface area contributed by atoms with Gasteiger partial charge >= 0.3 is 0 Å². The molecule has 0 radical (unpaired) electrons. The average molecular weight is 328 g/mol. The maximum absolute atomic E-state index is 12.3. The molecule has 0 spiro atoms. The lowest BCUT2D eigenvalue weighted by molar-refractivity contribution is 0.0948. The van der Waals surface area contributed by atoms with Gasteiger partial charge in [0.2, 0.25) is 0 Å². The summed E-state index contributed by atoms with van der Waals surface area (Å²) < 4.78 is 5.64. The number of ether oxygens (including phenoxy) is 1. The number of fused-ring (bicyclic) bond motifs is 1. The minimum absolute atomic E-state index is 0.116. The van der Waals surface area contributed by atoms with E-state index >= 15 is 0 Å². The second-order valence-corrected chi connectivity index (χ2v) is 5.96. The summed E-state index contributed by atoms with van der Waals surface area (Å²) in [5, 5.41) is 13.4. The van der Waals surface area contributed by atoms with Crippen LogP contribution in [0.1, 0.15) is 40.7 Å². The number of benzene rings is 1. The van der Waals surface area contributed by atoms with Gasteiger partial charge in [0.05, 0.1) is 6.61 Å². The first kappa shape index (κ1) is 16.5. The van der Waals surface area contributed by atoms with Crippen LogP contribution in [-0.4, -0.2) is 35.8 Å². The fourth-order valence-corrected chi connectivity index (χ4v) is 2.83. The van der Waals surface area contributed by atoms with Crippen molar-refractivity contribution in [3.8, 4) is 5.75 Å². The van der Waals surface area contributed by atoms with Crippen LogP contribution in [0.4, 0.5) is 0 Å². The van der Waals surface area contributed by atoms with Crippen LogP contribution >= 0.6 is 0 Å². The normalized spacial score (nSPS) is 13.4.